The minimum atomic E-state index is 0.0263. The van der Waals surface area contributed by atoms with Crippen molar-refractivity contribution in [2.45, 2.75) is 26.9 Å². The van der Waals surface area contributed by atoms with Crippen molar-refractivity contribution in [2.75, 3.05) is 11.9 Å². The molecule has 0 atom stereocenters. The summed E-state index contributed by atoms with van der Waals surface area (Å²) in [5.41, 5.74) is 0.838. The van der Waals surface area contributed by atoms with Crippen LogP contribution >= 0.6 is 0 Å². The highest BCUT2D eigenvalue weighted by atomic mass is 16.5. The van der Waals surface area contributed by atoms with Crippen LogP contribution in [0.4, 0.5) is 5.95 Å². The average molecular weight is 247 g/mol. The molecular formula is C12H17N5O. The molecule has 2 aromatic heterocycles. The summed E-state index contributed by atoms with van der Waals surface area (Å²) in [7, 11) is 0. The van der Waals surface area contributed by atoms with Crippen molar-refractivity contribution >= 4 is 5.95 Å². The van der Waals surface area contributed by atoms with Crippen LogP contribution in [0.5, 0.6) is 6.01 Å². The van der Waals surface area contributed by atoms with Gasteiger partial charge in [0.15, 0.2) is 5.82 Å². The van der Waals surface area contributed by atoms with Gasteiger partial charge in [-0.25, -0.2) is 0 Å². The van der Waals surface area contributed by atoms with E-state index in [1.807, 2.05) is 39.1 Å². The summed E-state index contributed by atoms with van der Waals surface area (Å²) >= 11 is 0. The fraction of sp³-hybridized carbons (Fsp3) is 0.417. The maximum atomic E-state index is 5.52. The van der Waals surface area contributed by atoms with Crippen LogP contribution < -0.4 is 10.1 Å². The molecule has 0 fully saturated rings. The van der Waals surface area contributed by atoms with Crippen molar-refractivity contribution in [1.82, 2.24) is 19.9 Å². The monoisotopic (exact) mass is 247 g/mol. The van der Waals surface area contributed by atoms with Crippen molar-refractivity contribution in [3.05, 3.63) is 18.3 Å². The number of aromatic amines is 1. The van der Waals surface area contributed by atoms with Crippen molar-refractivity contribution in [3.63, 3.8) is 0 Å². The summed E-state index contributed by atoms with van der Waals surface area (Å²) in [6.45, 7) is 6.60. The zero-order valence-electron chi connectivity index (χ0n) is 10.8. The molecule has 2 aromatic rings. The zero-order chi connectivity index (χ0) is 13.0. The highest BCUT2D eigenvalue weighted by molar-refractivity contribution is 5.51. The Bertz CT molecular complexity index is 495. The van der Waals surface area contributed by atoms with Crippen molar-refractivity contribution in [3.8, 4) is 17.5 Å². The van der Waals surface area contributed by atoms with Crippen LogP contribution in [-0.4, -0.2) is 32.6 Å². The Hall–Kier alpha value is -2.11. The van der Waals surface area contributed by atoms with Gasteiger partial charge in [-0.15, -0.1) is 0 Å². The second kappa shape index (κ2) is 5.48. The molecule has 2 heterocycles. The Kier molecular flexibility index (Phi) is 3.76. The van der Waals surface area contributed by atoms with Crippen LogP contribution in [0.15, 0.2) is 18.3 Å². The molecule has 0 aromatic carbocycles. The van der Waals surface area contributed by atoms with Gasteiger partial charge in [-0.2, -0.15) is 15.0 Å². The van der Waals surface area contributed by atoms with Gasteiger partial charge < -0.3 is 15.0 Å². The van der Waals surface area contributed by atoms with Crippen molar-refractivity contribution < 1.29 is 4.74 Å². The quantitative estimate of drug-likeness (QED) is 0.846. The van der Waals surface area contributed by atoms with Gasteiger partial charge in [-0.05, 0) is 32.9 Å². The highest BCUT2D eigenvalue weighted by Crippen LogP contribution is 2.17. The van der Waals surface area contributed by atoms with Gasteiger partial charge >= 0.3 is 6.01 Å². The number of hydrogen-bond donors (Lipinski definition) is 2. The molecule has 96 valence electrons. The lowest BCUT2D eigenvalue weighted by atomic mass is 10.4. The number of aromatic nitrogens is 4. The van der Waals surface area contributed by atoms with E-state index in [9.17, 15) is 0 Å². The van der Waals surface area contributed by atoms with Crippen LogP contribution in [0.1, 0.15) is 20.8 Å². The largest absolute Gasteiger partial charge is 0.461 e. The second-order valence-corrected chi connectivity index (χ2v) is 4.05. The van der Waals surface area contributed by atoms with E-state index in [2.05, 4.69) is 25.3 Å². The molecule has 0 unspecified atom stereocenters. The van der Waals surface area contributed by atoms with Crippen LogP contribution in [0.25, 0.3) is 11.5 Å². The topological polar surface area (TPSA) is 75.7 Å². The van der Waals surface area contributed by atoms with E-state index >= 15 is 0 Å². The molecule has 0 saturated heterocycles. The molecular weight excluding hydrogens is 230 g/mol. The number of nitrogens with zero attached hydrogens (tertiary/aromatic N) is 3. The molecule has 0 aliphatic rings. The Labute approximate surface area is 106 Å². The van der Waals surface area contributed by atoms with Gasteiger partial charge in [0.25, 0.3) is 0 Å². The van der Waals surface area contributed by atoms with Crippen LogP contribution in [0.2, 0.25) is 0 Å². The fourth-order valence-corrected chi connectivity index (χ4v) is 1.45. The number of ether oxygens (including phenoxy) is 1. The van der Waals surface area contributed by atoms with Crippen molar-refractivity contribution in [1.29, 1.82) is 0 Å². The minimum Gasteiger partial charge on any atom is -0.461 e. The Morgan fingerprint density at radius 1 is 1.33 bits per heavy atom. The summed E-state index contributed by atoms with van der Waals surface area (Å²) < 4.78 is 5.52. The third kappa shape index (κ3) is 2.97. The van der Waals surface area contributed by atoms with Gasteiger partial charge in [0.2, 0.25) is 5.95 Å². The molecule has 0 bridgehead atoms. The molecule has 18 heavy (non-hydrogen) atoms. The van der Waals surface area contributed by atoms with Crippen LogP contribution in [-0.2, 0) is 0 Å². The molecule has 2 N–H and O–H groups in total. The lowest BCUT2D eigenvalue weighted by Crippen LogP contribution is -2.12. The number of nitrogens with one attached hydrogen (secondary N) is 2. The summed E-state index contributed by atoms with van der Waals surface area (Å²) in [6, 6.07) is 4.14. The lowest BCUT2D eigenvalue weighted by molar-refractivity contribution is 0.222. The molecule has 6 nitrogen and oxygen atoms in total. The van der Waals surface area contributed by atoms with Gasteiger partial charge in [0.1, 0.15) is 0 Å². The molecule has 0 saturated carbocycles. The van der Waals surface area contributed by atoms with E-state index in [1.165, 1.54) is 0 Å². The third-order valence-electron chi connectivity index (χ3n) is 2.13. The van der Waals surface area contributed by atoms with Gasteiger partial charge in [0.05, 0.1) is 11.8 Å². The average Bonchev–Trinajstić information content (AvgIpc) is 2.81. The Morgan fingerprint density at radius 3 is 2.78 bits per heavy atom. The molecule has 0 radical (unpaired) electrons. The third-order valence-corrected chi connectivity index (χ3v) is 2.13. The molecule has 0 amide bonds. The molecule has 0 spiro atoms. The smallest absolute Gasteiger partial charge is 0.322 e. The fourth-order valence-electron chi connectivity index (χ4n) is 1.45. The molecule has 2 rings (SSSR count). The molecule has 6 heteroatoms. The first-order valence-corrected chi connectivity index (χ1v) is 5.99. The second-order valence-electron chi connectivity index (χ2n) is 4.05. The Balaban J connectivity index is 2.36. The SMILES string of the molecule is CCNc1nc(OC(C)C)nc(-c2ccc[nH]2)n1. The minimum absolute atomic E-state index is 0.0263. The summed E-state index contributed by atoms with van der Waals surface area (Å²) in [6.07, 6.45) is 1.85. The standard InChI is InChI=1S/C12H17N5O/c1-4-13-11-15-10(9-6-5-7-14-9)16-12(17-11)18-8(2)3/h5-8,14H,4H2,1-3H3,(H,13,15,16,17). The first kappa shape index (κ1) is 12.3. The van der Waals surface area contributed by atoms with Gasteiger partial charge in [-0.1, -0.05) is 0 Å². The normalized spacial score (nSPS) is 10.7. The predicted octanol–water partition coefficient (Wildman–Crippen LogP) is 2.09. The molecule has 0 aliphatic heterocycles. The zero-order valence-corrected chi connectivity index (χ0v) is 10.8. The highest BCUT2D eigenvalue weighted by Gasteiger charge is 2.10. The van der Waals surface area contributed by atoms with E-state index in [0.717, 1.165) is 12.2 Å². The van der Waals surface area contributed by atoms with Gasteiger partial charge in [0, 0.05) is 12.7 Å². The van der Waals surface area contributed by atoms with E-state index < -0.39 is 0 Å². The summed E-state index contributed by atoms with van der Waals surface area (Å²) in [4.78, 5) is 15.9. The molecule has 0 aliphatic carbocycles. The number of H-pyrrole nitrogens is 1. The van der Waals surface area contributed by atoms with E-state index in [0.29, 0.717) is 17.8 Å². The van der Waals surface area contributed by atoms with Crippen LogP contribution in [0, 0.1) is 0 Å². The van der Waals surface area contributed by atoms with Crippen molar-refractivity contribution in [2.24, 2.45) is 0 Å². The first-order chi connectivity index (χ1) is 8.69. The predicted molar refractivity (Wildman–Crippen MR) is 69.5 cm³/mol. The lowest BCUT2D eigenvalue weighted by Gasteiger charge is -2.10. The summed E-state index contributed by atoms with van der Waals surface area (Å²) in [5.74, 6) is 1.09. The van der Waals surface area contributed by atoms with E-state index in [-0.39, 0.29) is 6.10 Å². The maximum absolute atomic E-state index is 5.52. The number of anilines is 1. The first-order valence-electron chi connectivity index (χ1n) is 5.99. The van der Waals surface area contributed by atoms with E-state index in [4.69, 9.17) is 4.74 Å². The van der Waals surface area contributed by atoms with E-state index in [1.54, 1.807) is 0 Å². The van der Waals surface area contributed by atoms with Crippen LogP contribution in [0.3, 0.4) is 0 Å². The number of hydrogen-bond acceptors (Lipinski definition) is 5. The maximum Gasteiger partial charge on any atom is 0.322 e. The number of rotatable bonds is 5. The van der Waals surface area contributed by atoms with Gasteiger partial charge in [-0.3, -0.25) is 0 Å². The summed E-state index contributed by atoms with van der Waals surface area (Å²) in [5, 5.41) is 3.07. The Morgan fingerprint density at radius 2 is 2.17 bits per heavy atom.